The molecule has 0 heterocycles. The van der Waals surface area contributed by atoms with Crippen molar-refractivity contribution in [1.82, 2.24) is 0 Å². The van der Waals surface area contributed by atoms with Gasteiger partial charge in [0, 0.05) is 24.5 Å². The maximum atomic E-state index is 5.83. The van der Waals surface area contributed by atoms with Gasteiger partial charge < -0.3 is 10.6 Å². The second kappa shape index (κ2) is 5.24. The number of anilines is 2. The van der Waals surface area contributed by atoms with Gasteiger partial charge in [-0.25, -0.2) is 0 Å². The molecule has 0 amide bonds. The summed E-state index contributed by atoms with van der Waals surface area (Å²) in [7, 11) is 0. The van der Waals surface area contributed by atoms with Crippen molar-refractivity contribution in [3.8, 4) is 0 Å². The molecule has 2 heteroatoms. The van der Waals surface area contributed by atoms with Crippen molar-refractivity contribution in [3.05, 3.63) is 24.3 Å². The number of nitrogens with zero attached hydrogens (tertiary/aromatic N) is 1. The molecule has 0 atom stereocenters. The van der Waals surface area contributed by atoms with Crippen LogP contribution in [0.25, 0.3) is 0 Å². The van der Waals surface area contributed by atoms with E-state index in [1.807, 2.05) is 12.1 Å². The van der Waals surface area contributed by atoms with Crippen molar-refractivity contribution in [2.24, 2.45) is 5.92 Å². The van der Waals surface area contributed by atoms with E-state index in [0.717, 1.165) is 18.2 Å². The molecule has 0 aliphatic heterocycles. The van der Waals surface area contributed by atoms with Crippen LogP contribution in [0.3, 0.4) is 0 Å². The summed E-state index contributed by atoms with van der Waals surface area (Å²) in [5, 5.41) is 0. The number of nitrogens with two attached hydrogens (primary N) is 1. The van der Waals surface area contributed by atoms with Gasteiger partial charge in [-0.3, -0.25) is 0 Å². The fraction of sp³-hybridized carbons (Fsp3) is 0.571. The highest BCUT2D eigenvalue weighted by molar-refractivity contribution is 5.55. The van der Waals surface area contributed by atoms with Gasteiger partial charge in [-0.1, -0.05) is 25.8 Å². The fourth-order valence-corrected chi connectivity index (χ4v) is 2.11. The van der Waals surface area contributed by atoms with Crippen molar-refractivity contribution in [3.63, 3.8) is 0 Å². The van der Waals surface area contributed by atoms with Crippen LogP contribution in [0.5, 0.6) is 0 Å². The highest BCUT2D eigenvalue weighted by Gasteiger charge is 2.21. The second-order valence-corrected chi connectivity index (χ2v) is 4.81. The Morgan fingerprint density at radius 2 is 2.12 bits per heavy atom. The minimum Gasteiger partial charge on any atom is -0.399 e. The van der Waals surface area contributed by atoms with Crippen LogP contribution in [0, 0.1) is 5.92 Å². The summed E-state index contributed by atoms with van der Waals surface area (Å²) in [4.78, 5) is 2.47. The minimum atomic E-state index is 0.866. The highest BCUT2D eigenvalue weighted by Crippen LogP contribution is 2.33. The molecular weight excluding hydrogens is 196 g/mol. The highest BCUT2D eigenvalue weighted by atomic mass is 15.1. The number of benzene rings is 1. The predicted octanol–water partition coefficient (Wildman–Crippen LogP) is 3.29. The van der Waals surface area contributed by atoms with E-state index < -0.39 is 0 Å². The summed E-state index contributed by atoms with van der Waals surface area (Å²) < 4.78 is 0. The lowest BCUT2D eigenvalue weighted by Crippen LogP contribution is -2.25. The van der Waals surface area contributed by atoms with Crippen LogP contribution in [0.4, 0.5) is 11.4 Å². The standard InChI is InChI=1S/C14H22N2/c1-2-9-16(10-8-12-6-7-12)14-5-3-4-13(15)11-14/h3-5,11-12H,2,6-10,15H2,1H3. The third-order valence-electron chi connectivity index (χ3n) is 3.23. The monoisotopic (exact) mass is 218 g/mol. The fourth-order valence-electron chi connectivity index (χ4n) is 2.11. The van der Waals surface area contributed by atoms with Crippen LogP contribution < -0.4 is 10.6 Å². The zero-order valence-corrected chi connectivity index (χ0v) is 10.2. The average molecular weight is 218 g/mol. The van der Waals surface area contributed by atoms with E-state index in [9.17, 15) is 0 Å². The zero-order valence-electron chi connectivity index (χ0n) is 10.2. The molecule has 0 spiro atoms. The summed E-state index contributed by atoms with van der Waals surface area (Å²) in [5.74, 6) is 1.00. The molecule has 88 valence electrons. The van der Waals surface area contributed by atoms with Gasteiger partial charge in [-0.05, 0) is 37.0 Å². The Bertz CT molecular complexity index is 331. The molecule has 0 unspecified atom stereocenters. The molecule has 1 aliphatic carbocycles. The van der Waals surface area contributed by atoms with Gasteiger partial charge in [0.05, 0.1) is 0 Å². The van der Waals surface area contributed by atoms with E-state index in [1.165, 1.54) is 37.9 Å². The van der Waals surface area contributed by atoms with Crippen LogP contribution in [0.2, 0.25) is 0 Å². The minimum absolute atomic E-state index is 0.866. The maximum absolute atomic E-state index is 5.83. The number of hydrogen-bond donors (Lipinski definition) is 1. The number of rotatable bonds is 6. The van der Waals surface area contributed by atoms with E-state index in [0.29, 0.717) is 0 Å². The first-order valence-electron chi connectivity index (χ1n) is 6.40. The Morgan fingerprint density at radius 1 is 1.31 bits per heavy atom. The van der Waals surface area contributed by atoms with Gasteiger partial charge in [-0.2, -0.15) is 0 Å². The lowest BCUT2D eigenvalue weighted by atomic mass is 10.2. The largest absolute Gasteiger partial charge is 0.399 e. The molecule has 16 heavy (non-hydrogen) atoms. The quantitative estimate of drug-likeness (QED) is 0.742. The Kier molecular flexibility index (Phi) is 3.70. The molecule has 1 aromatic rings. The molecular formula is C14H22N2. The molecule has 0 bridgehead atoms. The Balaban J connectivity index is 1.98. The van der Waals surface area contributed by atoms with Gasteiger partial charge in [0.1, 0.15) is 0 Å². The molecule has 2 N–H and O–H groups in total. The number of nitrogen functional groups attached to an aromatic ring is 1. The molecule has 1 aliphatic rings. The zero-order chi connectivity index (χ0) is 11.4. The normalized spacial score (nSPS) is 15.1. The van der Waals surface area contributed by atoms with Crippen LogP contribution in [-0.2, 0) is 0 Å². The molecule has 2 nitrogen and oxygen atoms in total. The van der Waals surface area contributed by atoms with Crippen LogP contribution in [-0.4, -0.2) is 13.1 Å². The summed E-state index contributed by atoms with van der Waals surface area (Å²) >= 11 is 0. The third kappa shape index (κ3) is 3.16. The smallest absolute Gasteiger partial charge is 0.0386 e. The van der Waals surface area contributed by atoms with E-state index in [1.54, 1.807) is 0 Å². The summed E-state index contributed by atoms with van der Waals surface area (Å²) in [6.45, 7) is 4.55. The van der Waals surface area contributed by atoms with Gasteiger partial charge in [0.2, 0.25) is 0 Å². The Hall–Kier alpha value is -1.18. The Morgan fingerprint density at radius 3 is 2.75 bits per heavy atom. The first kappa shape index (κ1) is 11.3. The molecule has 1 saturated carbocycles. The van der Waals surface area contributed by atoms with Crippen molar-refractivity contribution in [1.29, 1.82) is 0 Å². The van der Waals surface area contributed by atoms with Gasteiger partial charge in [-0.15, -0.1) is 0 Å². The number of hydrogen-bond acceptors (Lipinski definition) is 2. The predicted molar refractivity (Wildman–Crippen MR) is 70.7 cm³/mol. The van der Waals surface area contributed by atoms with Gasteiger partial charge in [0.15, 0.2) is 0 Å². The van der Waals surface area contributed by atoms with Crippen LogP contribution in [0.15, 0.2) is 24.3 Å². The molecule has 1 aromatic carbocycles. The molecule has 1 fully saturated rings. The second-order valence-electron chi connectivity index (χ2n) is 4.81. The lowest BCUT2D eigenvalue weighted by molar-refractivity contribution is 0.669. The third-order valence-corrected chi connectivity index (χ3v) is 3.23. The van der Waals surface area contributed by atoms with Crippen molar-refractivity contribution in [2.75, 3.05) is 23.7 Å². The van der Waals surface area contributed by atoms with Gasteiger partial charge in [0.25, 0.3) is 0 Å². The molecule has 0 radical (unpaired) electrons. The maximum Gasteiger partial charge on any atom is 0.0386 e. The first-order valence-corrected chi connectivity index (χ1v) is 6.40. The van der Waals surface area contributed by atoms with E-state index >= 15 is 0 Å². The molecule has 2 rings (SSSR count). The average Bonchev–Trinajstić information content (AvgIpc) is 3.08. The van der Waals surface area contributed by atoms with Crippen LogP contribution in [0.1, 0.15) is 32.6 Å². The molecule has 0 saturated heterocycles. The first-order chi connectivity index (χ1) is 7.79. The van der Waals surface area contributed by atoms with Crippen molar-refractivity contribution < 1.29 is 0 Å². The van der Waals surface area contributed by atoms with Crippen molar-refractivity contribution >= 4 is 11.4 Å². The van der Waals surface area contributed by atoms with Crippen molar-refractivity contribution in [2.45, 2.75) is 32.6 Å². The summed E-state index contributed by atoms with van der Waals surface area (Å²) in [6, 6.07) is 8.25. The summed E-state index contributed by atoms with van der Waals surface area (Å²) in [5.41, 5.74) is 7.98. The van der Waals surface area contributed by atoms with E-state index in [4.69, 9.17) is 5.73 Å². The van der Waals surface area contributed by atoms with Gasteiger partial charge >= 0.3 is 0 Å². The van der Waals surface area contributed by atoms with Crippen LogP contribution >= 0.6 is 0 Å². The molecule has 0 aromatic heterocycles. The lowest BCUT2D eigenvalue weighted by Gasteiger charge is -2.24. The summed E-state index contributed by atoms with van der Waals surface area (Å²) in [6.07, 6.45) is 5.42. The topological polar surface area (TPSA) is 29.3 Å². The van der Waals surface area contributed by atoms with E-state index in [-0.39, 0.29) is 0 Å². The Labute approximate surface area is 98.4 Å². The van der Waals surface area contributed by atoms with E-state index in [2.05, 4.69) is 24.0 Å². The SMILES string of the molecule is CCCN(CCC1CC1)c1cccc(N)c1.